The molecule has 18 heavy (non-hydrogen) atoms. The van der Waals surface area contributed by atoms with Crippen LogP contribution in [0.15, 0.2) is 22.7 Å². The first-order chi connectivity index (χ1) is 8.58. The largest absolute Gasteiger partial charge is 0.487 e. The van der Waals surface area contributed by atoms with Gasteiger partial charge in [0.2, 0.25) is 0 Å². The second kappa shape index (κ2) is 7.77. The lowest BCUT2D eigenvalue weighted by Gasteiger charge is -2.17. The number of nitrogens with one attached hydrogen (secondary N) is 1. The molecule has 1 aromatic carbocycles. The van der Waals surface area contributed by atoms with Gasteiger partial charge in [0.15, 0.2) is 0 Å². The Balaban J connectivity index is 2.67. The normalized spacial score (nSPS) is 14.3. The third-order valence-corrected chi connectivity index (χ3v) is 3.39. The highest BCUT2D eigenvalue weighted by atomic mass is 79.9. The van der Waals surface area contributed by atoms with Crippen LogP contribution in [0.25, 0.3) is 0 Å². The van der Waals surface area contributed by atoms with Crippen LogP contribution in [0, 0.1) is 0 Å². The predicted molar refractivity (Wildman–Crippen MR) is 78.2 cm³/mol. The molecule has 1 aromatic rings. The van der Waals surface area contributed by atoms with Crippen LogP contribution in [0.2, 0.25) is 0 Å². The highest BCUT2D eigenvalue weighted by Crippen LogP contribution is 2.29. The van der Waals surface area contributed by atoms with E-state index in [0.29, 0.717) is 19.3 Å². The molecule has 0 spiro atoms. The summed E-state index contributed by atoms with van der Waals surface area (Å²) in [6.45, 7) is 7.44. The summed E-state index contributed by atoms with van der Waals surface area (Å²) in [6, 6.07) is 6.49. The van der Waals surface area contributed by atoms with Crippen LogP contribution in [-0.2, 0) is 4.74 Å². The summed E-state index contributed by atoms with van der Waals surface area (Å²) < 4.78 is 12.1. The number of hydrogen-bond acceptors (Lipinski definition) is 3. The van der Waals surface area contributed by atoms with Gasteiger partial charge in [-0.1, -0.05) is 6.07 Å². The van der Waals surface area contributed by atoms with E-state index in [9.17, 15) is 0 Å². The molecule has 0 aromatic heterocycles. The van der Waals surface area contributed by atoms with Gasteiger partial charge in [0, 0.05) is 12.6 Å². The maximum Gasteiger partial charge on any atom is 0.134 e. The minimum atomic E-state index is 0.0498. The average molecular weight is 316 g/mol. The molecule has 0 aliphatic rings. The zero-order chi connectivity index (χ0) is 13.5. The lowest BCUT2D eigenvalue weighted by Crippen LogP contribution is -2.19. The Morgan fingerprint density at radius 3 is 2.61 bits per heavy atom. The van der Waals surface area contributed by atoms with Gasteiger partial charge in [-0.25, -0.2) is 0 Å². The van der Waals surface area contributed by atoms with E-state index in [1.54, 1.807) is 0 Å². The summed E-state index contributed by atoms with van der Waals surface area (Å²) in [7, 11) is 1.95. The van der Waals surface area contributed by atoms with Crippen LogP contribution < -0.4 is 10.1 Å². The minimum absolute atomic E-state index is 0.0498. The standard InChI is InChI=1S/C14H22BrNO2/c1-5-17-9-10(2)18-14-7-6-12(8-13(14)15)11(3)16-4/h6-8,10-11,16H,5,9H2,1-4H3. The minimum Gasteiger partial charge on any atom is -0.487 e. The molecule has 0 aliphatic heterocycles. The Morgan fingerprint density at radius 1 is 1.33 bits per heavy atom. The van der Waals surface area contributed by atoms with Gasteiger partial charge in [-0.2, -0.15) is 0 Å². The van der Waals surface area contributed by atoms with Gasteiger partial charge in [0.25, 0.3) is 0 Å². The fraction of sp³-hybridized carbons (Fsp3) is 0.571. The summed E-state index contributed by atoms with van der Waals surface area (Å²) in [4.78, 5) is 0. The van der Waals surface area contributed by atoms with E-state index < -0.39 is 0 Å². The van der Waals surface area contributed by atoms with Gasteiger partial charge < -0.3 is 14.8 Å². The quantitative estimate of drug-likeness (QED) is 0.835. The topological polar surface area (TPSA) is 30.5 Å². The molecule has 1 rings (SSSR count). The highest BCUT2D eigenvalue weighted by molar-refractivity contribution is 9.10. The highest BCUT2D eigenvalue weighted by Gasteiger charge is 2.10. The molecule has 4 heteroatoms. The van der Waals surface area contributed by atoms with Crippen molar-refractivity contribution in [3.05, 3.63) is 28.2 Å². The van der Waals surface area contributed by atoms with Gasteiger partial charge in [-0.3, -0.25) is 0 Å². The maximum absolute atomic E-state index is 5.82. The monoisotopic (exact) mass is 315 g/mol. The Kier molecular flexibility index (Phi) is 6.68. The molecule has 3 nitrogen and oxygen atoms in total. The van der Waals surface area contributed by atoms with E-state index in [1.165, 1.54) is 5.56 Å². The number of halogens is 1. The first kappa shape index (κ1) is 15.5. The summed E-state index contributed by atoms with van der Waals surface area (Å²) >= 11 is 3.55. The summed E-state index contributed by atoms with van der Waals surface area (Å²) in [5.41, 5.74) is 1.23. The average Bonchev–Trinajstić information content (AvgIpc) is 2.37. The molecule has 0 saturated heterocycles. The SMILES string of the molecule is CCOCC(C)Oc1ccc(C(C)NC)cc1Br. The zero-order valence-corrected chi connectivity index (χ0v) is 13.1. The van der Waals surface area contributed by atoms with Gasteiger partial charge in [-0.05, 0) is 61.4 Å². The van der Waals surface area contributed by atoms with Crippen molar-refractivity contribution in [1.29, 1.82) is 0 Å². The fourth-order valence-electron chi connectivity index (χ4n) is 1.58. The number of rotatable bonds is 7. The van der Waals surface area contributed by atoms with Crippen molar-refractivity contribution in [3.8, 4) is 5.75 Å². The number of ether oxygens (including phenoxy) is 2. The van der Waals surface area contributed by atoms with E-state index in [1.807, 2.05) is 27.0 Å². The van der Waals surface area contributed by atoms with Crippen LogP contribution in [-0.4, -0.2) is 26.4 Å². The van der Waals surface area contributed by atoms with Crippen LogP contribution >= 0.6 is 15.9 Å². The van der Waals surface area contributed by atoms with Gasteiger partial charge in [0.05, 0.1) is 11.1 Å². The van der Waals surface area contributed by atoms with E-state index in [-0.39, 0.29) is 6.10 Å². The third kappa shape index (κ3) is 4.59. The molecular weight excluding hydrogens is 294 g/mol. The first-order valence-electron chi connectivity index (χ1n) is 6.29. The molecular formula is C14H22BrNO2. The summed E-state index contributed by atoms with van der Waals surface area (Å²) in [5.74, 6) is 0.856. The molecule has 0 radical (unpaired) electrons. The lowest BCUT2D eigenvalue weighted by atomic mass is 10.1. The van der Waals surface area contributed by atoms with Crippen molar-refractivity contribution in [2.75, 3.05) is 20.3 Å². The number of hydrogen-bond donors (Lipinski definition) is 1. The van der Waals surface area contributed by atoms with Gasteiger partial charge in [0.1, 0.15) is 11.9 Å². The molecule has 0 heterocycles. The number of benzene rings is 1. The van der Waals surface area contributed by atoms with Crippen molar-refractivity contribution in [2.24, 2.45) is 0 Å². The van der Waals surface area contributed by atoms with Gasteiger partial charge >= 0.3 is 0 Å². The zero-order valence-electron chi connectivity index (χ0n) is 11.5. The Morgan fingerprint density at radius 2 is 2.06 bits per heavy atom. The molecule has 0 fully saturated rings. The van der Waals surface area contributed by atoms with Crippen molar-refractivity contribution < 1.29 is 9.47 Å². The first-order valence-corrected chi connectivity index (χ1v) is 7.08. The molecule has 1 N–H and O–H groups in total. The van der Waals surface area contributed by atoms with Crippen molar-refractivity contribution >= 4 is 15.9 Å². The van der Waals surface area contributed by atoms with Crippen LogP contribution in [0.1, 0.15) is 32.4 Å². The molecule has 0 bridgehead atoms. The van der Waals surface area contributed by atoms with E-state index in [0.717, 1.165) is 10.2 Å². The maximum atomic E-state index is 5.82. The Labute approximate surface area is 118 Å². The Bertz CT molecular complexity index is 371. The second-order valence-corrected chi connectivity index (χ2v) is 5.14. The molecule has 0 aliphatic carbocycles. The van der Waals surface area contributed by atoms with Gasteiger partial charge in [-0.15, -0.1) is 0 Å². The van der Waals surface area contributed by atoms with Crippen molar-refractivity contribution in [3.63, 3.8) is 0 Å². The molecule has 0 saturated carbocycles. The molecule has 0 amide bonds. The fourth-order valence-corrected chi connectivity index (χ4v) is 2.07. The van der Waals surface area contributed by atoms with E-state index in [4.69, 9.17) is 9.47 Å². The third-order valence-electron chi connectivity index (χ3n) is 2.77. The lowest BCUT2D eigenvalue weighted by molar-refractivity contribution is 0.0653. The van der Waals surface area contributed by atoms with Crippen molar-refractivity contribution in [2.45, 2.75) is 32.9 Å². The van der Waals surface area contributed by atoms with Crippen molar-refractivity contribution in [1.82, 2.24) is 5.32 Å². The molecule has 2 atom stereocenters. The predicted octanol–water partition coefficient (Wildman–Crippen LogP) is 3.53. The second-order valence-electron chi connectivity index (χ2n) is 4.29. The Hall–Kier alpha value is -0.580. The van der Waals surface area contributed by atoms with Crippen LogP contribution in [0.4, 0.5) is 0 Å². The summed E-state index contributed by atoms with van der Waals surface area (Å²) in [6.07, 6.45) is 0.0498. The van der Waals surface area contributed by atoms with Crippen LogP contribution in [0.5, 0.6) is 5.75 Å². The van der Waals surface area contributed by atoms with E-state index in [2.05, 4.69) is 40.3 Å². The van der Waals surface area contributed by atoms with E-state index >= 15 is 0 Å². The smallest absolute Gasteiger partial charge is 0.134 e. The summed E-state index contributed by atoms with van der Waals surface area (Å²) in [5, 5.41) is 3.21. The molecule has 2 unspecified atom stereocenters. The van der Waals surface area contributed by atoms with Crippen LogP contribution in [0.3, 0.4) is 0 Å². The molecule has 102 valence electrons.